The number of rotatable bonds is 1. The third kappa shape index (κ3) is 0.805. The van der Waals surface area contributed by atoms with Crippen molar-refractivity contribution in [2.75, 3.05) is 20.6 Å². The summed E-state index contributed by atoms with van der Waals surface area (Å²) in [6, 6.07) is 0. The van der Waals surface area contributed by atoms with Crippen molar-refractivity contribution in [3.8, 4) is 0 Å². The van der Waals surface area contributed by atoms with E-state index < -0.39 is 0 Å². The maximum absolute atomic E-state index is 11.6. The zero-order chi connectivity index (χ0) is 8.06. The second kappa shape index (κ2) is 1.97. The molecule has 3 aliphatic rings. The van der Waals surface area contributed by atoms with E-state index in [1.807, 2.05) is 14.1 Å². The molecule has 3 nitrogen and oxygen atoms in total. The van der Waals surface area contributed by atoms with Crippen molar-refractivity contribution in [1.29, 1.82) is 0 Å². The van der Waals surface area contributed by atoms with Gasteiger partial charge in [0.1, 0.15) is 0 Å². The van der Waals surface area contributed by atoms with Crippen LogP contribution >= 0.6 is 0 Å². The molecule has 0 aromatic carbocycles. The van der Waals surface area contributed by atoms with Gasteiger partial charge in [0.15, 0.2) is 0 Å². The van der Waals surface area contributed by atoms with Gasteiger partial charge in [-0.15, -0.1) is 0 Å². The lowest BCUT2D eigenvalue weighted by atomic mass is 9.73. The number of hydrogen-bond donors (Lipinski definition) is 1. The first kappa shape index (κ1) is 7.10. The Morgan fingerprint density at radius 3 is 2.55 bits per heavy atom. The van der Waals surface area contributed by atoms with Gasteiger partial charge in [-0.1, -0.05) is 0 Å². The van der Waals surface area contributed by atoms with Crippen molar-refractivity contribution in [2.24, 2.45) is 5.92 Å². The molecule has 2 heterocycles. The summed E-state index contributed by atoms with van der Waals surface area (Å²) >= 11 is 0. The van der Waals surface area contributed by atoms with E-state index in [0.29, 0.717) is 0 Å². The number of nitrogens with one attached hydrogen (secondary N) is 1. The van der Waals surface area contributed by atoms with E-state index in [2.05, 4.69) is 5.32 Å². The molecular formula is C8H14N2O. The number of likely N-dealkylation sites (N-methyl/N-ethyl adjacent to an activating group) is 1. The zero-order valence-electron chi connectivity index (χ0n) is 7.05. The van der Waals surface area contributed by atoms with Crippen LogP contribution in [0.4, 0.5) is 0 Å². The van der Waals surface area contributed by atoms with Gasteiger partial charge in [-0.05, 0) is 25.3 Å². The van der Waals surface area contributed by atoms with Crippen molar-refractivity contribution in [1.82, 2.24) is 10.2 Å². The second-order valence-corrected chi connectivity index (χ2v) is 3.94. The fourth-order valence-electron chi connectivity index (χ4n) is 2.23. The van der Waals surface area contributed by atoms with Crippen molar-refractivity contribution in [2.45, 2.75) is 18.4 Å². The molecule has 0 unspecified atom stereocenters. The molecule has 2 aliphatic heterocycles. The van der Waals surface area contributed by atoms with Crippen molar-refractivity contribution < 1.29 is 4.79 Å². The molecule has 0 spiro atoms. The molecule has 62 valence electrons. The quantitative estimate of drug-likeness (QED) is 0.568. The summed E-state index contributed by atoms with van der Waals surface area (Å²) < 4.78 is 0. The zero-order valence-corrected chi connectivity index (χ0v) is 7.05. The van der Waals surface area contributed by atoms with Crippen LogP contribution in [0, 0.1) is 5.92 Å². The minimum Gasteiger partial charge on any atom is -0.347 e. The molecule has 0 radical (unpaired) electrons. The Hall–Kier alpha value is -0.570. The minimum absolute atomic E-state index is 0.145. The highest BCUT2D eigenvalue weighted by molar-refractivity contribution is 5.87. The first-order chi connectivity index (χ1) is 5.14. The average molecular weight is 154 g/mol. The number of nitrogens with zero attached hydrogens (tertiary/aromatic N) is 1. The number of carbonyl (C=O) groups excluding carboxylic acids is 1. The first-order valence-electron chi connectivity index (χ1n) is 4.11. The molecule has 1 saturated carbocycles. The highest BCUT2D eigenvalue weighted by Gasteiger charge is 2.55. The van der Waals surface area contributed by atoms with E-state index in [1.165, 1.54) is 0 Å². The molecule has 0 atom stereocenters. The van der Waals surface area contributed by atoms with E-state index in [-0.39, 0.29) is 11.4 Å². The topological polar surface area (TPSA) is 32.3 Å². The highest BCUT2D eigenvalue weighted by Crippen LogP contribution is 2.44. The average Bonchev–Trinajstić information content (AvgIpc) is 2.40. The van der Waals surface area contributed by atoms with Gasteiger partial charge in [0.2, 0.25) is 5.91 Å². The van der Waals surface area contributed by atoms with Crippen LogP contribution < -0.4 is 5.32 Å². The summed E-state index contributed by atoms with van der Waals surface area (Å²) in [6.45, 7) is 1.04. The Morgan fingerprint density at radius 2 is 2.18 bits per heavy atom. The second-order valence-electron chi connectivity index (χ2n) is 3.94. The molecule has 3 rings (SSSR count). The predicted molar refractivity (Wildman–Crippen MR) is 42.2 cm³/mol. The van der Waals surface area contributed by atoms with Crippen LogP contribution in [0.3, 0.4) is 0 Å². The molecule has 11 heavy (non-hydrogen) atoms. The lowest BCUT2D eigenvalue weighted by molar-refractivity contribution is -0.137. The monoisotopic (exact) mass is 154 g/mol. The van der Waals surface area contributed by atoms with Gasteiger partial charge in [0.05, 0.1) is 5.54 Å². The van der Waals surface area contributed by atoms with E-state index >= 15 is 0 Å². The third-order valence-corrected chi connectivity index (χ3v) is 2.82. The molecule has 1 aliphatic carbocycles. The maximum Gasteiger partial charge on any atom is 0.242 e. The standard InChI is InChI=1S/C8H14N2O/c1-10(2)7(11)8-3-6(4-8)5-9-8/h6,9H,3-5H2,1-2H3. The highest BCUT2D eigenvalue weighted by atomic mass is 16.2. The van der Waals surface area contributed by atoms with Crippen LogP contribution in [0.2, 0.25) is 0 Å². The van der Waals surface area contributed by atoms with Gasteiger partial charge in [-0.2, -0.15) is 0 Å². The summed E-state index contributed by atoms with van der Waals surface area (Å²) in [5, 5.41) is 3.30. The van der Waals surface area contributed by atoms with Crippen LogP contribution in [0.5, 0.6) is 0 Å². The number of fused-ring (bicyclic) bond motifs is 1. The molecule has 3 fully saturated rings. The summed E-state index contributed by atoms with van der Waals surface area (Å²) in [7, 11) is 3.65. The van der Waals surface area contributed by atoms with Crippen LogP contribution in [-0.4, -0.2) is 37.0 Å². The summed E-state index contributed by atoms with van der Waals surface area (Å²) in [4.78, 5) is 13.3. The molecular weight excluding hydrogens is 140 g/mol. The largest absolute Gasteiger partial charge is 0.347 e. The normalized spacial score (nSPS) is 40.0. The van der Waals surface area contributed by atoms with Crippen LogP contribution in [0.1, 0.15) is 12.8 Å². The molecule has 3 heteroatoms. The lowest BCUT2D eigenvalue weighted by Crippen LogP contribution is -2.55. The summed E-state index contributed by atoms with van der Waals surface area (Å²) in [5.74, 6) is 1.03. The smallest absolute Gasteiger partial charge is 0.242 e. The van der Waals surface area contributed by atoms with Crippen LogP contribution in [0.15, 0.2) is 0 Å². The Balaban J connectivity index is 2.10. The van der Waals surface area contributed by atoms with Gasteiger partial charge in [0, 0.05) is 14.1 Å². The summed E-state index contributed by atoms with van der Waals surface area (Å²) in [6.07, 6.45) is 2.12. The van der Waals surface area contributed by atoms with E-state index in [1.54, 1.807) is 4.90 Å². The minimum atomic E-state index is -0.145. The molecule has 2 bridgehead atoms. The Kier molecular flexibility index (Phi) is 1.27. The number of carbonyl (C=O) groups is 1. The third-order valence-electron chi connectivity index (χ3n) is 2.82. The van der Waals surface area contributed by atoms with Gasteiger partial charge < -0.3 is 10.2 Å². The number of hydrogen-bond acceptors (Lipinski definition) is 2. The van der Waals surface area contributed by atoms with E-state index in [9.17, 15) is 4.79 Å². The molecule has 1 N–H and O–H groups in total. The van der Waals surface area contributed by atoms with Crippen molar-refractivity contribution in [3.05, 3.63) is 0 Å². The predicted octanol–water partition coefficient (Wildman–Crippen LogP) is -0.173. The van der Waals surface area contributed by atoms with Crippen LogP contribution in [-0.2, 0) is 4.79 Å². The van der Waals surface area contributed by atoms with Crippen molar-refractivity contribution in [3.63, 3.8) is 0 Å². The lowest BCUT2D eigenvalue weighted by Gasteiger charge is -2.37. The summed E-state index contributed by atoms with van der Waals surface area (Å²) in [5.41, 5.74) is -0.145. The van der Waals surface area contributed by atoms with Crippen molar-refractivity contribution >= 4 is 5.91 Å². The first-order valence-corrected chi connectivity index (χ1v) is 4.11. The van der Waals surface area contributed by atoms with Crippen LogP contribution in [0.25, 0.3) is 0 Å². The van der Waals surface area contributed by atoms with Gasteiger partial charge in [0.25, 0.3) is 0 Å². The molecule has 2 saturated heterocycles. The Labute approximate surface area is 66.8 Å². The molecule has 0 aromatic heterocycles. The molecule has 0 aromatic rings. The van der Waals surface area contributed by atoms with Gasteiger partial charge in [-0.3, -0.25) is 4.79 Å². The fraction of sp³-hybridized carbons (Fsp3) is 0.875. The fourth-order valence-corrected chi connectivity index (χ4v) is 2.23. The Bertz CT molecular complexity index is 189. The Morgan fingerprint density at radius 1 is 1.55 bits per heavy atom. The van der Waals surface area contributed by atoms with Gasteiger partial charge >= 0.3 is 0 Å². The number of amides is 1. The SMILES string of the molecule is CN(C)C(=O)C12CC(CN1)C2. The molecule has 1 amide bonds. The maximum atomic E-state index is 11.6. The van der Waals surface area contributed by atoms with E-state index in [0.717, 1.165) is 25.3 Å². The van der Waals surface area contributed by atoms with Gasteiger partial charge in [-0.25, -0.2) is 0 Å². The van der Waals surface area contributed by atoms with E-state index in [4.69, 9.17) is 0 Å².